The zero-order valence-electron chi connectivity index (χ0n) is 21.4. The molecule has 0 unspecified atom stereocenters. The first-order valence-electron chi connectivity index (χ1n) is 12.7. The molecule has 186 valence electrons. The minimum Gasteiger partial charge on any atom is -0.342 e. The summed E-state index contributed by atoms with van der Waals surface area (Å²) in [6, 6.07) is 15.4. The Morgan fingerprint density at radius 3 is 2.09 bits per heavy atom. The molecule has 35 heavy (non-hydrogen) atoms. The van der Waals surface area contributed by atoms with E-state index >= 15 is 0 Å². The molecule has 1 heterocycles. The highest BCUT2D eigenvalue weighted by molar-refractivity contribution is 6.00. The molecule has 6 heteroatoms. The molecule has 0 saturated carbocycles. The van der Waals surface area contributed by atoms with E-state index in [0.717, 1.165) is 18.4 Å². The maximum absolute atomic E-state index is 14.3. The first-order valence-corrected chi connectivity index (χ1v) is 12.7. The molecule has 2 aliphatic rings. The number of hydrogen-bond acceptors (Lipinski definition) is 3. The number of nitrogens with zero attached hydrogens (tertiary/aromatic N) is 2. The molecule has 1 aliphatic carbocycles. The molecule has 0 spiro atoms. The second kappa shape index (κ2) is 10.2. The van der Waals surface area contributed by atoms with Crippen LogP contribution in [-0.4, -0.2) is 52.7 Å². The van der Waals surface area contributed by atoms with Gasteiger partial charge < -0.3 is 15.1 Å². The van der Waals surface area contributed by atoms with E-state index in [1.807, 2.05) is 70.2 Å². The zero-order valence-corrected chi connectivity index (χ0v) is 21.4. The van der Waals surface area contributed by atoms with Crippen LogP contribution in [0.2, 0.25) is 0 Å². The van der Waals surface area contributed by atoms with Crippen LogP contribution in [0.15, 0.2) is 54.6 Å². The summed E-state index contributed by atoms with van der Waals surface area (Å²) in [5, 5.41) is 3.07. The molecular weight excluding hydrogens is 438 g/mol. The highest BCUT2D eigenvalue weighted by atomic mass is 16.2. The molecule has 4 rings (SSSR count). The summed E-state index contributed by atoms with van der Waals surface area (Å²) in [5.74, 6) is -0.340. The number of fused-ring (bicyclic) bond motifs is 1. The van der Waals surface area contributed by atoms with Gasteiger partial charge in [0.25, 0.3) is 0 Å². The fraction of sp³-hybridized carbons (Fsp3) is 0.483. The van der Waals surface area contributed by atoms with Crippen LogP contribution in [0, 0.1) is 11.8 Å². The molecule has 6 nitrogen and oxygen atoms in total. The highest BCUT2D eigenvalue weighted by Crippen LogP contribution is 2.36. The van der Waals surface area contributed by atoms with E-state index in [2.05, 4.69) is 17.4 Å². The minimum atomic E-state index is -0.850. The van der Waals surface area contributed by atoms with Crippen LogP contribution in [0.5, 0.6) is 0 Å². The van der Waals surface area contributed by atoms with Crippen molar-refractivity contribution in [1.29, 1.82) is 0 Å². The van der Waals surface area contributed by atoms with Crippen molar-refractivity contribution in [2.75, 3.05) is 7.05 Å². The molecule has 3 atom stereocenters. The monoisotopic (exact) mass is 475 g/mol. The summed E-state index contributed by atoms with van der Waals surface area (Å²) in [6.45, 7) is 7.98. The van der Waals surface area contributed by atoms with Gasteiger partial charge in [-0.25, -0.2) is 0 Å². The van der Waals surface area contributed by atoms with Crippen molar-refractivity contribution >= 4 is 17.7 Å². The van der Waals surface area contributed by atoms with Crippen LogP contribution in [0.4, 0.5) is 0 Å². The molecule has 3 amide bonds. The van der Waals surface area contributed by atoms with Gasteiger partial charge in [-0.15, -0.1) is 0 Å². The van der Waals surface area contributed by atoms with E-state index in [9.17, 15) is 14.4 Å². The molecule has 1 fully saturated rings. The third-order valence-corrected chi connectivity index (χ3v) is 7.46. The molecule has 0 aromatic heterocycles. The van der Waals surface area contributed by atoms with Crippen LogP contribution in [0.25, 0.3) is 0 Å². The second-order valence-corrected chi connectivity index (χ2v) is 10.7. The van der Waals surface area contributed by atoms with E-state index in [0.29, 0.717) is 6.42 Å². The smallest absolute Gasteiger partial charge is 0.250 e. The summed E-state index contributed by atoms with van der Waals surface area (Å²) in [5.41, 5.74) is 3.19. The Labute approximate surface area is 208 Å². The maximum atomic E-state index is 14.3. The van der Waals surface area contributed by atoms with Crippen molar-refractivity contribution in [3.8, 4) is 0 Å². The van der Waals surface area contributed by atoms with E-state index in [1.54, 1.807) is 16.8 Å². The van der Waals surface area contributed by atoms with Crippen LogP contribution in [-0.2, 0) is 27.2 Å². The number of carbonyl (C=O) groups excluding carboxylic acids is 3. The molecule has 0 bridgehead atoms. The van der Waals surface area contributed by atoms with Crippen molar-refractivity contribution in [1.82, 2.24) is 15.1 Å². The van der Waals surface area contributed by atoms with Gasteiger partial charge in [-0.05, 0) is 61.6 Å². The Bertz CT molecular complexity index is 1060. The van der Waals surface area contributed by atoms with Crippen LogP contribution in [0.3, 0.4) is 0 Å². The van der Waals surface area contributed by atoms with Crippen molar-refractivity contribution in [3.63, 3.8) is 0 Å². The molecule has 2 aromatic rings. The van der Waals surface area contributed by atoms with E-state index < -0.39 is 18.1 Å². The molecule has 1 aliphatic heterocycles. The number of rotatable bonds is 7. The first kappa shape index (κ1) is 25.0. The third kappa shape index (κ3) is 4.97. The van der Waals surface area contributed by atoms with Gasteiger partial charge >= 0.3 is 0 Å². The lowest BCUT2D eigenvalue weighted by molar-refractivity contribution is -0.160. The molecular formula is C29H37N3O3. The second-order valence-electron chi connectivity index (χ2n) is 10.7. The predicted molar refractivity (Wildman–Crippen MR) is 136 cm³/mol. The lowest BCUT2D eigenvalue weighted by atomic mass is 9.87. The number of amides is 3. The summed E-state index contributed by atoms with van der Waals surface area (Å²) < 4.78 is 0. The van der Waals surface area contributed by atoms with E-state index in [-0.39, 0.29) is 35.6 Å². The molecule has 0 radical (unpaired) electrons. The fourth-order valence-electron chi connectivity index (χ4n) is 5.38. The Morgan fingerprint density at radius 1 is 0.971 bits per heavy atom. The van der Waals surface area contributed by atoms with Gasteiger partial charge in [0.15, 0.2) is 0 Å². The van der Waals surface area contributed by atoms with Gasteiger partial charge in [0.05, 0.1) is 0 Å². The van der Waals surface area contributed by atoms with Crippen molar-refractivity contribution in [2.45, 2.75) is 71.1 Å². The van der Waals surface area contributed by atoms with E-state index in [4.69, 9.17) is 0 Å². The van der Waals surface area contributed by atoms with Gasteiger partial charge in [0, 0.05) is 13.1 Å². The fourth-order valence-corrected chi connectivity index (χ4v) is 5.38. The topological polar surface area (TPSA) is 69.7 Å². The van der Waals surface area contributed by atoms with Gasteiger partial charge in [-0.3, -0.25) is 14.4 Å². The summed E-state index contributed by atoms with van der Waals surface area (Å²) >= 11 is 0. The largest absolute Gasteiger partial charge is 0.342 e. The SMILES string of the molecule is CC(C)C[C@@H]1C(=O)N[C@H](C2Cc3ccccc3C2)C(=O)N1[C@@H](C(=O)N(C)C(C)C)c1ccccc1. The highest BCUT2D eigenvalue weighted by Gasteiger charge is 2.49. The normalized spacial score (nSPS) is 21.3. The zero-order chi connectivity index (χ0) is 25.3. The summed E-state index contributed by atoms with van der Waals surface area (Å²) in [7, 11) is 1.76. The number of nitrogens with one attached hydrogen (secondary N) is 1. The Balaban J connectivity index is 1.76. The molecule has 1 N–H and O–H groups in total. The van der Waals surface area contributed by atoms with E-state index in [1.165, 1.54) is 11.1 Å². The van der Waals surface area contributed by atoms with Crippen molar-refractivity contribution < 1.29 is 14.4 Å². The standard InChI is InChI=1S/C29H37N3O3/c1-18(2)15-24-27(33)30-25(23-16-21-13-9-10-14-22(21)17-23)28(34)32(24)26(20-11-7-6-8-12-20)29(35)31(5)19(3)4/h6-14,18-19,23-26H,15-17H2,1-5H3,(H,30,33)/t24-,25-,26-/m1/s1. The minimum absolute atomic E-state index is 0.0271. The third-order valence-electron chi connectivity index (χ3n) is 7.46. The first-order chi connectivity index (χ1) is 16.7. The van der Waals surface area contributed by atoms with Crippen LogP contribution < -0.4 is 5.32 Å². The Kier molecular flexibility index (Phi) is 7.29. The molecule has 1 saturated heterocycles. The van der Waals surface area contributed by atoms with Gasteiger partial charge in [-0.2, -0.15) is 0 Å². The Morgan fingerprint density at radius 2 is 1.54 bits per heavy atom. The van der Waals surface area contributed by atoms with Gasteiger partial charge in [0.1, 0.15) is 18.1 Å². The number of likely N-dealkylation sites (N-methyl/N-ethyl adjacent to an activating group) is 1. The average Bonchev–Trinajstić information content (AvgIpc) is 3.27. The number of hydrogen-bond donors (Lipinski definition) is 1. The number of benzene rings is 2. The van der Waals surface area contributed by atoms with Gasteiger partial charge in [-0.1, -0.05) is 68.4 Å². The van der Waals surface area contributed by atoms with Crippen molar-refractivity contribution in [3.05, 3.63) is 71.3 Å². The predicted octanol–water partition coefficient (Wildman–Crippen LogP) is 3.75. The lowest BCUT2D eigenvalue weighted by Crippen LogP contribution is -2.67. The van der Waals surface area contributed by atoms with Gasteiger partial charge in [0.2, 0.25) is 17.7 Å². The van der Waals surface area contributed by atoms with Crippen LogP contribution in [0.1, 0.15) is 56.8 Å². The quantitative estimate of drug-likeness (QED) is 0.663. The summed E-state index contributed by atoms with van der Waals surface area (Å²) in [4.78, 5) is 45.0. The average molecular weight is 476 g/mol. The van der Waals surface area contributed by atoms with Crippen LogP contribution >= 0.6 is 0 Å². The number of carbonyl (C=O) groups is 3. The molecule has 2 aromatic carbocycles. The Hall–Kier alpha value is -3.15. The summed E-state index contributed by atoms with van der Waals surface area (Å²) in [6.07, 6.45) is 1.98. The maximum Gasteiger partial charge on any atom is 0.250 e. The lowest BCUT2D eigenvalue weighted by Gasteiger charge is -2.45. The number of piperazine rings is 1. The van der Waals surface area contributed by atoms with Crippen molar-refractivity contribution in [2.24, 2.45) is 11.8 Å².